The second-order valence-electron chi connectivity index (χ2n) is 5.30. The summed E-state index contributed by atoms with van der Waals surface area (Å²) in [5.41, 5.74) is 7.40. The Balaban J connectivity index is 2.39. The zero-order chi connectivity index (χ0) is 20.2. The molecule has 1 unspecified atom stereocenters. The molecule has 0 aromatic heterocycles. The van der Waals surface area contributed by atoms with E-state index in [9.17, 15) is 19.6 Å². The van der Waals surface area contributed by atoms with Crippen molar-refractivity contribution in [2.75, 3.05) is 13.1 Å². The standard InChI is InChI=1S/C15H21N6O6/c16-15(20-21(26)27)17-8-4-7-11(14(24)25)19-12(22)9-18-13(23)10-5-2-1-3-6-10/h1-3,5-6,11,26H,4,7-9H2,(H,18,23)(H,19,22)(H,24,25)(H3,16,17,20)/q-1. The van der Waals surface area contributed by atoms with E-state index in [0.29, 0.717) is 5.56 Å². The van der Waals surface area contributed by atoms with Crippen LogP contribution in [0.2, 0.25) is 0 Å². The second-order valence-corrected chi connectivity index (χ2v) is 5.30. The van der Waals surface area contributed by atoms with Crippen molar-refractivity contribution in [3.05, 3.63) is 41.1 Å². The number of amides is 2. The van der Waals surface area contributed by atoms with E-state index >= 15 is 0 Å². The highest BCUT2D eigenvalue weighted by atomic mass is 16.8. The van der Waals surface area contributed by atoms with Crippen LogP contribution in [0, 0.1) is 5.21 Å². The molecular formula is C15H21N6O6-. The SMILES string of the molecule is NC(=NCCCC(NC(=O)CNC(=O)c1ccccc1)C(=O)O)NN([O-])O. The smallest absolute Gasteiger partial charge is 0.326 e. The van der Waals surface area contributed by atoms with E-state index in [2.05, 4.69) is 15.6 Å². The van der Waals surface area contributed by atoms with Crippen LogP contribution in [-0.4, -0.2) is 58.5 Å². The van der Waals surface area contributed by atoms with Crippen LogP contribution >= 0.6 is 0 Å². The van der Waals surface area contributed by atoms with Crippen molar-refractivity contribution in [2.45, 2.75) is 18.9 Å². The van der Waals surface area contributed by atoms with E-state index in [-0.39, 0.29) is 31.9 Å². The Morgan fingerprint density at radius 3 is 2.52 bits per heavy atom. The van der Waals surface area contributed by atoms with Gasteiger partial charge in [-0.05, 0) is 25.0 Å². The Bertz CT molecular complexity index is 666. The third kappa shape index (κ3) is 9.15. The lowest BCUT2D eigenvalue weighted by atomic mass is 10.1. The van der Waals surface area contributed by atoms with Gasteiger partial charge in [0.25, 0.3) is 5.91 Å². The van der Waals surface area contributed by atoms with Gasteiger partial charge in [0.2, 0.25) is 11.9 Å². The Kier molecular flexibility index (Phi) is 9.22. The van der Waals surface area contributed by atoms with E-state index in [1.165, 1.54) is 0 Å². The molecule has 0 saturated carbocycles. The molecule has 0 spiro atoms. The highest BCUT2D eigenvalue weighted by molar-refractivity contribution is 5.96. The van der Waals surface area contributed by atoms with Gasteiger partial charge in [0.15, 0.2) is 0 Å². The summed E-state index contributed by atoms with van der Waals surface area (Å²) in [5, 5.41) is 31.8. The van der Waals surface area contributed by atoms with Gasteiger partial charge in [0, 0.05) is 12.1 Å². The Labute approximate surface area is 154 Å². The quantitative estimate of drug-likeness (QED) is 0.125. The Morgan fingerprint density at radius 1 is 1.26 bits per heavy atom. The number of carboxylic acids is 1. The Morgan fingerprint density at radius 2 is 1.93 bits per heavy atom. The minimum Gasteiger partial charge on any atom is -0.744 e. The number of aliphatic imine (C=N–C) groups is 1. The lowest BCUT2D eigenvalue weighted by Crippen LogP contribution is -2.45. The number of carbonyl (C=O) groups excluding carboxylic acids is 2. The van der Waals surface area contributed by atoms with Crippen molar-refractivity contribution in [3.63, 3.8) is 0 Å². The summed E-state index contributed by atoms with van der Waals surface area (Å²) in [6, 6.07) is 7.08. The van der Waals surface area contributed by atoms with Crippen molar-refractivity contribution in [3.8, 4) is 0 Å². The van der Waals surface area contributed by atoms with Crippen molar-refractivity contribution in [2.24, 2.45) is 10.7 Å². The zero-order valence-electron chi connectivity index (χ0n) is 14.3. The van der Waals surface area contributed by atoms with Gasteiger partial charge in [-0.1, -0.05) is 18.2 Å². The van der Waals surface area contributed by atoms with E-state index in [1.54, 1.807) is 35.8 Å². The number of aliphatic carboxylic acids is 1. The van der Waals surface area contributed by atoms with Gasteiger partial charge in [-0.25, -0.2) is 4.79 Å². The normalized spacial score (nSPS) is 12.3. The third-order valence-corrected chi connectivity index (χ3v) is 3.22. The molecule has 1 rings (SSSR count). The van der Waals surface area contributed by atoms with Crippen molar-refractivity contribution in [1.29, 1.82) is 0 Å². The van der Waals surface area contributed by atoms with Crippen LogP contribution in [0.3, 0.4) is 0 Å². The lowest BCUT2D eigenvalue weighted by molar-refractivity contribution is -0.141. The number of carbonyl (C=O) groups is 3. The number of carboxylic acid groups (broad SMARTS) is 1. The topological polar surface area (TPSA) is 192 Å². The summed E-state index contributed by atoms with van der Waals surface area (Å²) in [4.78, 5) is 38.6. The maximum absolute atomic E-state index is 11.8. The van der Waals surface area contributed by atoms with Crippen LogP contribution in [0.1, 0.15) is 23.2 Å². The first-order valence-electron chi connectivity index (χ1n) is 7.87. The fourth-order valence-electron chi connectivity index (χ4n) is 1.98. The van der Waals surface area contributed by atoms with Crippen LogP contribution in [0.4, 0.5) is 0 Å². The molecule has 2 amide bonds. The molecule has 1 aromatic carbocycles. The second kappa shape index (κ2) is 11.4. The van der Waals surface area contributed by atoms with E-state index in [1.807, 2.05) is 0 Å². The number of nitrogens with two attached hydrogens (primary N) is 1. The molecule has 148 valence electrons. The number of hydrogen-bond donors (Lipinski definition) is 6. The highest BCUT2D eigenvalue weighted by Gasteiger charge is 2.19. The van der Waals surface area contributed by atoms with Crippen LogP contribution in [-0.2, 0) is 9.59 Å². The molecule has 7 N–H and O–H groups in total. The monoisotopic (exact) mass is 381 g/mol. The minimum atomic E-state index is -1.24. The van der Waals surface area contributed by atoms with Gasteiger partial charge in [0.05, 0.1) is 6.54 Å². The van der Waals surface area contributed by atoms with E-state index in [0.717, 1.165) is 0 Å². The van der Waals surface area contributed by atoms with Crippen molar-refractivity contribution < 1.29 is 24.7 Å². The summed E-state index contributed by atoms with van der Waals surface area (Å²) in [6.45, 7) is -0.306. The minimum absolute atomic E-state index is 0.0463. The summed E-state index contributed by atoms with van der Waals surface area (Å²) in [7, 11) is 0. The average Bonchev–Trinajstić information content (AvgIpc) is 2.62. The Hall–Kier alpha value is -3.22. The molecule has 0 aliphatic carbocycles. The maximum atomic E-state index is 11.8. The summed E-state index contributed by atoms with van der Waals surface area (Å²) in [5.74, 6) is -2.69. The first-order valence-corrected chi connectivity index (χ1v) is 7.87. The van der Waals surface area contributed by atoms with Gasteiger partial charge in [0.1, 0.15) is 6.04 Å². The van der Waals surface area contributed by atoms with Crippen molar-refractivity contribution in [1.82, 2.24) is 21.4 Å². The summed E-state index contributed by atoms with van der Waals surface area (Å²) >= 11 is 0. The molecular weight excluding hydrogens is 360 g/mol. The van der Waals surface area contributed by atoms with Gasteiger partial charge in [-0.15, -0.1) is 0 Å². The number of nitrogens with zero attached hydrogens (tertiary/aromatic N) is 2. The zero-order valence-corrected chi connectivity index (χ0v) is 14.3. The van der Waals surface area contributed by atoms with Crippen LogP contribution in [0.25, 0.3) is 0 Å². The molecule has 0 bridgehead atoms. The predicted molar refractivity (Wildman–Crippen MR) is 94.2 cm³/mol. The fourth-order valence-corrected chi connectivity index (χ4v) is 1.98. The number of hydrazine groups is 1. The lowest BCUT2D eigenvalue weighted by Gasteiger charge is -2.20. The highest BCUT2D eigenvalue weighted by Crippen LogP contribution is 2.00. The molecule has 0 aliphatic rings. The molecule has 1 atom stereocenters. The summed E-state index contributed by atoms with van der Waals surface area (Å²) < 4.78 is 0. The number of rotatable bonds is 10. The molecule has 27 heavy (non-hydrogen) atoms. The fraction of sp³-hybridized carbons (Fsp3) is 0.333. The molecule has 12 heteroatoms. The largest absolute Gasteiger partial charge is 0.744 e. The first kappa shape index (κ1) is 21.8. The molecule has 0 radical (unpaired) electrons. The molecule has 12 nitrogen and oxygen atoms in total. The van der Waals surface area contributed by atoms with Gasteiger partial charge < -0.3 is 31.9 Å². The van der Waals surface area contributed by atoms with Crippen LogP contribution in [0.5, 0.6) is 0 Å². The van der Waals surface area contributed by atoms with Gasteiger partial charge in [-0.3, -0.25) is 20.0 Å². The van der Waals surface area contributed by atoms with E-state index in [4.69, 9.17) is 16.0 Å². The molecule has 1 aromatic rings. The predicted octanol–water partition coefficient (Wildman–Crippen LogP) is -1.23. The number of guanidine groups is 1. The molecule has 0 fully saturated rings. The maximum Gasteiger partial charge on any atom is 0.326 e. The number of hydrogen-bond acceptors (Lipinski definition) is 7. The first-order chi connectivity index (χ1) is 12.8. The van der Waals surface area contributed by atoms with Gasteiger partial charge >= 0.3 is 5.97 Å². The average molecular weight is 381 g/mol. The summed E-state index contributed by atoms with van der Waals surface area (Å²) in [6.07, 6.45) is 0.283. The molecule has 0 aliphatic heterocycles. The molecule has 0 heterocycles. The van der Waals surface area contributed by atoms with Crippen LogP contribution < -0.4 is 21.8 Å². The van der Waals surface area contributed by atoms with Crippen LogP contribution in [0.15, 0.2) is 35.3 Å². The number of benzene rings is 1. The van der Waals surface area contributed by atoms with Crippen molar-refractivity contribution >= 4 is 23.7 Å². The van der Waals surface area contributed by atoms with E-state index < -0.39 is 29.2 Å². The molecule has 0 saturated heterocycles. The number of nitrogens with one attached hydrogen (secondary N) is 3. The van der Waals surface area contributed by atoms with Gasteiger partial charge in [-0.2, -0.15) is 5.34 Å². The third-order valence-electron chi connectivity index (χ3n) is 3.22.